The fourth-order valence-corrected chi connectivity index (χ4v) is 3.74. The Morgan fingerprint density at radius 1 is 0.938 bits per heavy atom. The number of carbonyl (C=O) groups excluding carboxylic acids is 2. The third kappa shape index (κ3) is 3.73. The van der Waals surface area contributed by atoms with Crippen molar-refractivity contribution in [3.8, 4) is 5.75 Å². The van der Waals surface area contributed by atoms with Gasteiger partial charge in [-0.1, -0.05) is 50.2 Å². The number of benzene rings is 2. The summed E-state index contributed by atoms with van der Waals surface area (Å²) < 4.78 is 0. The van der Waals surface area contributed by atoms with E-state index in [0.717, 1.165) is 5.56 Å². The van der Waals surface area contributed by atoms with Crippen LogP contribution in [-0.4, -0.2) is 32.1 Å². The van der Waals surface area contributed by atoms with Crippen LogP contribution in [0.5, 0.6) is 5.75 Å². The van der Waals surface area contributed by atoms with E-state index >= 15 is 0 Å². The van der Waals surface area contributed by atoms with E-state index < -0.39 is 23.5 Å². The molecule has 0 aliphatic carbocycles. The van der Waals surface area contributed by atoms with E-state index in [0.29, 0.717) is 22.7 Å². The molecule has 1 unspecified atom stereocenters. The normalized spacial score (nSPS) is 16.2. The summed E-state index contributed by atoms with van der Waals surface area (Å²) in [7, 11) is 0. The minimum atomic E-state index is -0.919. The standard InChI is InChI=1S/C25H23N3O4/c1-14(2)16-5-7-18(8-6-16)23(30)21-22(17-9-11-19(29)12-10-17)28(25(32)24(21)31)20-13-4-15(3)26-27-20/h4-14,22,29,31H,1-3H3. The zero-order valence-electron chi connectivity index (χ0n) is 18.0. The van der Waals surface area contributed by atoms with Crippen molar-refractivity contribution in [1.82, 2.24) is 10.2 Å². The summed E-state index contributed by atoms with van der Waals surface area (Å²) in [6.07, 6.45) is 0. The zero-order valence-corrected chi connectivity index (χ0v) is 18.0. The van der Waals surface area contributed by atoms with Crippen molar-refractivity contribution in [3.63, 3.8) is 0 Å². The first-order valence-corrected chi connectivity index (χ1v) is 10.3. The van der Waals surface area contributed by atoms with E-state index in [1.807, 2.05) is 12.1 Å². The smallest absolute Gasteiger partial charge is 0.295 e. The van der Waals surface area contributed by atoms with Crippen LogP contribution in [0.3, 0.4) is 0 Å². The summed E-state index contributed by atoms with van der Waals surface area (Å²) in [6.45, 7) is 5.88. The van der Waals surface area contributed by atoms with Gasteiger partial charge in [-0.25, -0.2) is 0 Å². The molecule has 0 saturated heterocycles. The molecule has 7 heteroatoms. The van der Waals surface area contributed by atoms with Gasteiger partial charge in [0.2, 0.25) is 0 Å². The molecule has 2 aromatic carbocycles. The first-order valence-electron chi connectivity index (χ1n) is 10.3. The molecular weight excluding hydrogens is 406 g/mol. The molecule has 1 aromatic heterocycles. The third-order valence-electron chi connectivity index (χ3n) is 5.53. The molecule has 162 valence electrons. The van der Waals surface area contributed by atoms with Crippen molar-refractivity contribution in [1.29, 1.82) is 0 Å². The first-order chi connectivity index (χ1) is 15.3. The average Bonchev–Trinajstić information content (AvgIpc) is 3.05. The van der Waals surface area contributed by atoms with Gasteiger partial charge in [0.25, 0.3) is 5.91 Å². The molecule has 32 heavy (non-hydrogen) atoms. The summed E-state index contributed by atoms with van der Waals surface area (Å²) >= 11 is 0. The fraction of sp³-hybridized carbons (Fsp3) is 0.200. The van der Waals surface area contributed by atoms with Crippen LogP contribution < -0.4 is 4.90 Å². The lowest BCUT2D eigenvalue weighted by molar-refractivity contribution is -0.117. The SMILES string of the molecule is Cc1ccc(N2C(=O)C(O)=C(C(=O)c3ccc(C(C)C)cc3)C2c2ccc(O)cc2)nn1. The predicted octanol–water partition coefficient (Wildman–Crippen LogP) is 4.40. The number of phenols is 1. The van der Waals surface area contributed by atoms with E-state index in [1.54, 1.807) is 43.3 Å². The molecule has 1 atom stereocenters. The second kappa shape index (κ2) is 8.26. The summed E-state index contributed by atoms with van der Waals surface area (Å²) in [4.78, 5) is 27.8. The van der Waals surface area contributed by atoms with Crippen LogP contribution in [-0.2, 0) is 4.79 Å². The van der Waals surface area contributed by atoms with E-state index in [4.69, 9.17) is 0 Å². The number of aromatic nitrogens is 2. The lowest BCUT2D eigenvalue weighted by Crippen LogP contribution is -2.32. The number of ketones is 1. The molecule has 7 nitrogen and oxygen atoms in total. The summed E-state index contributed by atoms with van der Waals surface area (Å²) in [5.41, 5.74) is 2.61. The third-order valence-corrected chi connectivity index (χ3v) is 5.53. The van der Waals surface area contributed by atoms with Gasteiger partial charge < -0.3 is 10.2 Å². The lowest BCUT2D eigenvalue weighted by Gasteiger charge is -2.25. The highest BCUT2D eigenvalue weighted by Gasteiger charge is 2.45. The number of hydrogen-bond donors (Lipinski definition) is 2. The summed E-state index contributed by atoms with van der Waals surface area (Å²) in [5.74, 6) is -1.24. The van der Waals surface area contributed by atoms with Crippen molar-refractivity contribution in [2.45, 2.75) is 32.7 Å². The Morgan fingerprint density at radius 3 is 2.16 bits per heavy atom. The van der Waals surface area contributed by atoms with Crippen LogP contribution in [0.1, 0.15) is 53.0 Å². The molecule has 2 heterocycles. The Kier molecular flexibility index (Phi) is 5.48. The monoisotopic (exact) mass is 429 g/mol. The average molecular weight is 429 g/mol. The first kappa shape index (κ1) is 21.2. The van der Waals surface area contributed by atoms with Gasteiger partial charge in [0.05, 0.1) is 17.3 Å². The minimum Gasteiger partial charge on any atom is -0.508 e. The number of aryl methyl sites for hydroxylation is 1. The van der Waals surface area contributed by atoms with E-state index in [2.05, 4.69) is 24.0 Å². The highest BCUT2D eigenvalue weighted by Crippen LogP contribution is 2.41. The Hall–Kier alpha value is -4.00. The van der Waals surface area contributed by atoms with Gasteiger partial charge >= 0.3 is 0 Å². The topological polar surface area (TPSA) is 104 Å². The Bertz CT molecular complexity index is 1200. The fourth-order valence-electron chi connectivity index (χ4n) is 3.74. The predicted molar refractivity (Wildman–Crippen MR) is 120 cm³/mol. The number of carbonyl (C=O) groups is 2. The number of nitrogens with zero attached hydrogens (tertiary/aromatic N) is 3. The number of Topliss-reactive ketones (excluding diaryl/α,β-unsaturated/α-hetero) is 1. The summed E-state index contributed by atoms with van der Waals surface area (Å²) in [6, 6.07) is 15.7. The number of aliphatic hydroxyl groups is 1. The molecule has 3 aromatic rings. The molecule has 0 fully saturated rings. The van der Waals surface area contributed by atoms with Crippen molar-refractivity contribution in [2.75, 3.05) is 4.90 Å². The Balaban J connectivity index is 1.83. The van der Waals surface area contributed by atoms with Gasteiger partial charge in [-0.2, -0.15) is 5.10 Å². The molecule has 1 aliphatic rings. The Morgan fingerprint density at radius 2 is 1.59 bits per heavy atom. The maximum Gasteiger partial charge on any atom is 0.295 e. The molecular formula is C25H23N3O4. The zero-order chi connectivity index (χ0) is 23.0. The Labute approximate surface area is 185 Å². The second-order valence-electron chi connectivity index (χ2n) is 8.07. The maximum atomic E-state index is 13.5. The lowest BCUT2D eigenvalue weighted by atomic mass is 9.91. The molecule has 2 N–H and O–H groups in total. The van der Waals surface area contributed by atoms with Gasteiger partial charge in [-0.05, 0) is 48.2 Å². The van der Waals surface area contributed by atoms with Gasteiger partial charge in [0.1, 0.15) is 5.75 Å². The van der Waals surface area contributed by atoms with Crippen LogP contribution >= 0.6 is 0 Å². The number of amides is 1. The van der Waals surface area contributed by atoms with Crippen LogP contribution in [0.25, 0.3) is 0 Å². The van der Waals surface area contributed by atoms with Crippen molar-refractivity contribution >= 4 is 17.5 Å². The molecule has 0 saturated carbocycles. The number of anilines is 1. The quantitative estimate of drug-likeness (QED) is 0.583. The number of aromatic hydroxyl groups is 1. The maximum absolute atomic E-state index is 13.5. The number of hydrogen-bond acceptors (Lipinski definition) is 6. The minimum absolute atomic E-state index is 0.0413. The second-order valence-corrected chi connectivity index (χ2v) is 8.07. The van der Waals surface area contributed by atoms with Crippen molar-refractivity contribution < 1.29 is 19.8 Å². The molecule has 1 amide bonds. The van der Waals surface area contributed by atoms with Gasteiger partial charge in [-0.3, -0.25) is 14.5 Å². The largest absolute Gasteiger partial charge is 0.508 e. The molecule has 0 spiro atoms. The van der Waals surface area contributed by atoms with Gasteiger partial charge in [0, 0.05) is 5.56 Å². The van der Waals surface area contributed by atoms with E-state index in [-0.39, 0.29) is 17.1 Å². The molecule has 0 radical (unpaired) electrons. The van der Waals surface area contributed by atoms with Gasteiger partial charge in [0.15, 0.2) is 17.4 Å². The highest BCUT2D eigenvalue weighted by molar-refractivity contribution is 6.20. The number of aliphatic hydroxyl groups excluding tert-OH is 1. The van der Waals surface area contributed by atoms with Gasteiger partial charge in [-0.15, -0.1) is 5.10 Å². The summed E-state index contributed by atoms with van der Waals surface area (Å²) in [5, 5.41) is 28.6. The van der Waals surface area contributed by atoms with E-state index in [9.17, 15) is 19.8 Å². The number of rotatable bonds is 5. The van der Waals surface area contributed by atoms with Crippen LogP contribution in [0, 0.1) is 6.92 Å². The number of phenolic OH excluding ortho intramolecular Hbond substituents is 1. The van der Waals surface area contributed by atoms with Crippen LogP contribution in [0.4, 0.5) is 5.82 Å². The highest BCUT2D eigenvalue weighted by atomic mass is 16.3. The molecule has 0 bridgehead atoms. The van der Waals surface area contributed by atoms with Crippen LogP contribution in [0.15, 0.2) is 72.0 Å². The molecule has 4 rings (SSSR count). The van der Waals surface area contributed by atoms with E-state index in [1.165, 1.54) is 17.0 Å². The van der Waals surface area contributed by atoms with Crippen molar-refractivity contribution in [2.24, 2.45) is 0 Å². The molecule has 1 aliphatic heterocycles. The van der Waals surface area contributed by atoms with Crippen molar-refractivity contribution in [3.05, 3.63) is 94.4 Å². The van der Waals surface area contributed by atoms with Crippen LogP contribution in [0.2, 0.25) is 0 Å².